The molecule has 3 heterocycles. The Bertz CT molecular complexity index is 1580. The van der Waals surface area contributed by atoms with E-state index in [9.17, 15) is 13.5 Å². The summed E-state index contributed by atoms with van der Waals surface area (Å²) in [5.41, 5.74) is 3.59. The highest BCUT2D eigenvalue weighted by Crippen LogP contribution is 2.38. The lowest BCUT2D eigenvalue weighted by atomic mass is 9.99. The van der Waals surface area contributed by atoms with Crippen molar-refractivity contribution < 1.29 is 23.0 Å². The van der Waals surface area contributed by atoms with E-state index in [-0.39, 0.29) is 30.3 Å². The predicted octanol–water partition coefficient (Wildman–Crippen LogP) is 3.82. The van der Waals surface area contributed by atoms with E-state index in [4.69, 9.17) is 9.47 Å². The largest absolute Gasteiger partial charge is 0.392 e. The fourth-order valence-electron chi connectivity index (χ4n) is 5.56. The van der Waals surface area contributed by atoms with Gasteiger partial charge in [-0.3, -0.25) is 4.90 Å². The quantitative estimate of drug-likeness (QED) is 0.275. The number of benzene rings is 3. The zero-order valence-corrected chi connectivity index (χ0v) is 25.2. The number of hydrogen-bond acceptors (Lipinski definition) is 9. The van der Waals surface area contributed by atoms with Crippen LogP contribution in [0.1, 0.15) is 41.1 Å². The van der Waals surface area contributed by atoms with Crippen LogP contribution in [0.2, 0.25) is 0 Å². The molecule has 1 aromatic heterocycles. The van der Waals surface area contributed by atoms with Gasteiger partial charge in [-0.2, -0.15) is 0 Å². The number of ether oxygens (including phenoxy) is 2. The maximum Gasteiger partial charge on any atom is 0.240 e. The number of nitrogens with zero attached hydrogens (tertiary/aromatic N) is 4. The first kappa shape index (κ1) is 30.3. The van der Waals surface area contributed by atoms with Crippen LogP contribution in [0.4, 0.5) is 5.95 Å². The average Bonchev–Trinajstić information content (AvgIpc) is 3.09. The van der Waals surface area contributed by atoms with Gasteiger partial charge in [0.05, 0.1) is 23.7 Å². The summed E-state index contributed by atoms with van der Waals surface area (Å²) in [5, 5.41) is 9.50. The normalized spacial score (nSPS) is 21.3. The number of aliphatic hydroxyl groups is 1. The van der Waals surface area contributed by atoms with E-state index in [1.165, 1.54) is 0 Å². The third-order valence-electron chi connectivity index (χ3n) is 8.06. The summed E-state index contributed by atoms with van der Waals surface area (Å²) in [4.78, 5) is 13.6. The molecule has 1 unspecified atom stereocenters. The van der Waals surface area contributed by atoms with Crippen molar-refractivity contribution in [3.8, 4) is 0 Å². The van der Waals surface area contributed by atoms with Crippen molar-refractivity contribution in [2.75, 3.05) is 37.6 Å². The number of piperazine rings is 1. The number of hydrogen-bond donors (Lipinski definition) is 2. The fourth-order valence-corrected chi connectivity index (χ4v) is 6.60. The van der Waals surface area contributed by atoms with Gasteiger partial charge < -0.3 is 19.5 Å². The van der Waals surface area contributed by atoms with Crippen LogP contribution in [0.3, 0.4) is 0 Å². The molecule has 11 heteroatoms. The van der Waals surface area contributed by atoms with E-state index in [0.717, 1.165) is 60.9 Å². The molecule has 0 saturated carbocycles. The Hall–Kier alpha value is -3.71. The Labute approximate surface area is 258 Å². The molecular weight excluding hydrogens is 578 g/mol. The summed E-state index contributed by atoms with van der Waals surface area (Å²) in [6, 6.07) is 25.7. The monoisotopic (exact) mass is 615 g/mol. The molecule has 4 aromatic rings. The number of sulfonamides is 1. The van der Waals surface area contributed by atoms with Crippen molar-refractivity contribution in [2.45, 2.75) is 43.0 Å². The molecule has 0 spiro atoms. The molecule has 0 amide bonds. The summed E-state index contributed by atoms with van der Waals surface area (Å²) in [6.07, 6.45) is 3.43. The lowest BCUT2D eigenvalue weighted by Gasteiger charge is -2.40. The maximum atomic E-state index is 12.6. The van der Waals surface area contributed by atoms with Crippen LogP contribution >= 0.6 is 0 Å². The summed E-state index contributed by atoms with van der Waals surface area (Å²) in [7, 11) is -3.60. The second kappa shape index (κ2) is 13.9. The van der Waals surface area contributed by atoms with Crippen LogP contribution in [-0.2, 0) is 32.6 Å². The van der Waals surface area contributed by atoms with Crippen molar-refractivity contribution in [3.63, 3.8) is 0 Å². The van der Waals surface area contributed by atoms with Crippen molar-refractivity contribution >= 4 is 16.0 Å². The van der Waals surface area contributed by atoms with Gasteiger partial charge in [-0.05, 0) is 34.9 Å². The lowest BCUT2D eigenvalue weighted by Crippen LogP contribution is -2.50. The van der Waals surface area contributed by atoms with Crippen molar-refractivity contribution in [1.82, 2.24) is 19.6 Å². The summed E-state index contributed by atoms with van der Waals surface area (Å²) in [5.74, 6) is 0.761. The van der Waals surface area contributed by atoms with E-state index >= 15 is 0 Å². The SMILES string of the molecule is O=S(=O)(NCc1ccc(C2O[C@H](CN3CCN(c4ncccn4)CC3)C[C@H](c3ccc(CO)cc3)O2)cc1)c1ccccc1. The number of aromatic nitrogens is 2. The van der Waals surface area contributed by atoms with Gasteiger partial charge in [-0.15, -0.1) is 0 Å². The Morgan fingerprint density at radius 3 is 2.14 bits per heavy atom. The number of aliphatic hydroxyl groups excluding tert-OH is 1. The molecule has 3 aromatic carbocycles. The molecule has 2 aliphatic rings. The molecule has 2 fully saturated rings. The van der Waals surface area contributed by atoms with Crippen molar-refractivity contribution in [2.24, 2.45) is 0 Å². The highest BCUT2D eigenvalue weighted by molar-refractivity contribution is 7.89. The minimum absolute atomic E-state index is 0.00593. The van der Waals surface area contributed by atoms with Crippen LogP contribution in [0, 0.1) is 0 Å². The molecule has 230 valence electrons. The summed E-state index contributed by atoms with van der Waals surface area (Å²) < 4.78 is 41.0. The Kier molecular flexibility index (Phi) is 9.60. The molecule has 3 atom stereocenters. The molecule has 0 bridgehead atoms. The Morgan fingerprint density at radius 2 is 1.45 bits per heavy atom. The van der Waals surface area contributed by atoms with Gasteiger partial charge in [-0.25, -0.2) is 23.1 Å². The number of anilines is 1. The fraction of sp³-hybridized carbons (Fsp3) is 0.333. The molecule has 2 N–H and O–H groups in total. The topological polar surface area (TPSA) is 117 Å². The van der Waals surface area contributed by atoms with Crippen LogP contribution in [-0.4, -0.2) is 67.2 Å². The minimum Gasteiger partial charge on any atom is -0.392 e. The first-order valence-corrected chi connectivity index (χ1v) is 16.3. The van der Waals surface area contributed by atoms with Crippen LogP contribution in [0.15, 0.2) is 102 Å². The van der Waals surface area contributed by atoms with Crippen LogP contribution in [0.5, 0.6) is 0 Å². The third kappa shape index (κ3) is 7.49. The highest BCUT2D eigenvalue weighted by atomic mass is 32.2. The zero-order chi connectivity index (χ0) is 30.4. The van der Waals surface area contributed by atoms with Crippen molar-refractivity contribution in [3.05, 3.63) is 120 Å². The second-order valence-corrected chi connectivity index (χ2v) is 12.8. The first-order chi connectivity index (χ1) is 21.5. The lowest BCUT2D eigenvalue weighted by molar-refractivity contribution is -0.253. The Morgan fingerprint density at radius 1 is 0.795 bits per heavy atom. The number of nitrogens with one attached hydrogen (secondary N) is 1. The molecule has 2 saturated heterocycles. The Balaban J connectivity index is 1.12. The molecule has 0 radical (unpaired) electrons. The van der Waals surface area contributed by atoms with Gasteiger partial charge in [-0.1, -0.05) is 66.7 Å². The van der Waals surface area contributed by atoms with E-state index in [1.54, 1.807) is 42.7 Å². The second-order valence-electron chi connectivity index (χ2n) is 11.1. The zero-order valence-electron chi connectivity index (χ0n) is 24.4. The first-order valence-electron chi connectivity index (χ1n) is 14.9. The van der Waals surface area contributed by atoms with E-state index in [0.29, 0.717) is 6.42 Å². The van der Waals surface area contributed by atoms with Crippen LogP contribution in [0.25, 0.3) is 0 Å². The summed E-state index contributed by atoms with van der Waals surface area (Å²) >= 11 is 0. The van der Waals surface area contributed by atoms with Gasteiger partial charge >= 0.3 is 0 Å². The average molecular weight is 616 g/mol. The van der Waals surface area contributed by atoms with E-state index < -0.39 is 16.3 Å². The molecule has 6 rings (SSSR count). The van der Waals surface area contributed by atoms with Gasteiger partial charge in [0.15, 0.2) is 6.29 Å². The van der Waals surface area contributed by atoms with E-state index in [1.807, 2.05) is 54.6 Å². The predicted molar refractivity (Wildman–Crippen MR) is 166 cm³/mol. The third-order valence-corrected chi connectivity index (χ3v) is 9.47. The molecule has 44 heavy (non-hydrogen) atoms. The van der Waals surface area contributed by atoms with Gasteiger partial charge in [0.25, 0.3) is 0 Å². The maximum absolute atomic E-state index is 12.6. The van der Waals surface area contributed by atoms with E-state index in [2.05, 4.69) is 24.5 Å². The molecule has 10 nitrogen and oxygen atoms in total. The highest BCUT2D eigenvalue weighted by Gasteiger charge is 2.34. The smallest absolute Gasteiger partial charge is 0.240 e. The minimum atomic E-state index is -3.60. The summed E-state index contributed by atoms with van der Waals surface area (Å²) in [6.45, 7) is 4.39. The standard InChI is InChI=1S/C33H37N5O5S/c39-24-26-9-11-27(12-10-26)31-21-29(23-37-17-19-38(20-18-37)33-34-15-4-16-35-33)42-32(43-31)28-13-7-25(8-14-28)22-36-44(40,41)30-5-2-1-3-6-30/h1-16,29,31-32,36,39H,17-24H2/t29-,31+,32?/m0/s1. The number of rotatable bonds is 10. The van der Waals surface area contributed by atoms with Gasteiger partial charge in [0.2, 0.25) is 16.0 Å². The van der Waals surface area contributed by atoms with Crippen LogP contribution < -0.4 is 9.62 Å². The van der Waals surface area contributed by atoms with Crippen molar-refractivity contribution in [1.29, 1.82) is 0 Å². The molecule has 0 aliphatic carbocycles. The molecule has 2 aliphatic heterocycles. The van der Waals surface area contributed by atoms with Gasteiger partial charge in [0.1, 0.15) is 0 Å². The molecular formula is C33H37N5O5S. The van der Waals surface area contributed by atoms with Gasteiger partial charge in [0, 0.05) is 63.6 Å².